The van der Waals surface area contributed by atoms with Crippen LogP contribution in [0.2, 0.25) is 0 Å². The lowest BCUT2D eigenvalue weighted by Crippen LogP contribution is -2.52. The highest BCUT2D eigenvalue weighted by Gasteiger charge is 2.22. The number of piperazine rings is 1. The Hall–Kier alpha value is -2.96. The van der Waals surface area contributed by atoms with E-state index >= 15 is 0 Å². The van der Waals surface area contributed by atoms with Crippen molar-refractivity contribution in [3.63, 3.8) is 0 Å². The number of rotatable bonds is 4. The summed E-state index contributed by atoms with van der Waals surface area (Å²) in [6.45, 7) is 3.67. The van der Waals surface area contributed by atoms with Crippen molar-refractivity contribution in [1.82, 2.24) is 10.2 Å². The second-order valence-electron chi connectivity index (χ2n) is 6.62. The summed E-state index contributed by atoms with van der Waals surface area (Å²) in [7, 11) is 0. The van der Waals surface area contributed by atoms with Crippen LogP contribution < -0.4 is 19.7 Å². The van der Waals surface area contributed by atoms with Crippen molar-refractivity contribution < 1.29 is 18.7 Å². The molecule has 2 aromatic rings. The third-order valence-corrected chi connectivity index (χ3v) is 4.89. The highest BCUT2D eigenvalue weighted by Crippen LogP contribution is 2.35. The molecule has 2 heterocycles. The summed E-state index contributed by atoms with van der Waals surface area (Å²) in [6, 6.07) is 12.2. The largest absolute Gasteiger partial charge is 0.454 e. The maximum atomic E-state index is 12.9. The van der Waals surface area contributed by atoms with Crippen LogP contribution in [0.5, 0.6) is 11.5 Å². The van der Waals surface area contributed by atoms with E-state index in [1.54, 1.807) is 12.1 Å². The monoisotopic (exact) mass is 371 g/mol. The summed E-state index contributed by atoms with van der Waals surface area (Å²) in [6.07, 6.45) is 0.684. The third-order valence-electron chi connectivity index (χ3n) is 4.89. The van der Waals surface area contributed by atoms with Crippen LogP contribution in [0.15, 0.2) is 42.5 Å². The number of hydrogen-bond donors (Lipinski definition) is 1. The minimum absolute atomic E-state index is 0.0533. The number of hydrogen-bond acceptors (Lipinski definition) is 4. The van der Waals surface area contributed by atoms with Gasteiger partial charge in [0.2, 0.25) is 6.79 Å². The molecule has 2 amide bonds. The molecule has 7 heteroatoms. The first kappa shape index (κ1) is 17.5. The number of ether oxygens (including phenoxy) is 2. The van der Waals surface area contributed by atoms with Crippen LogP contribution in [-0.4, -0.2) is 50.4 Å². The molecule has 27 heavy (non-hydrogen) atoms. The van der Waals surface area contributed by atoms with Crippen LogP contribution in [0.25, 0.3) is 0 Å². The molecule has 1 fully saturated rings. The van der Waals surface area contributed by atoms with Crippen LogP contribution in [0.3, 0.4) is 0 Å². The molecule has 0 aromatic heterocycles. The van der Waals surface area contributed by atoms with Crippen molar-refractivity contribution in [3.8, 4) is 11.5 Å². The first-order chi connectivity index (χ1) is 13.2. The van der Waals surface area contributed by atoms with Gasteiger partial charge in [0.1, 0.15) is 5.82 Å². The molecule has 0 unspecified atom stereocenters. The quantitative estimate of drug-likeness (QED) is 0.898. The lowest BCUT2D eigenvalue weighted by atomic mass is 10.1. The summed E-state index contributed by atoms with van der Waals surface area (Å²) < 4.78 is 23.7. The molecule has 0 radical (unpaired) electrons. The Kier molecular flexibility index (Phi) is 5.00. The molecule has 0 saturated carbocycles. The van der Waals surface area contributed by atoms with Gasteiger partial charge in [0.15, 0.2) is 11.5 Å². The van der Waals surface area contributed by atoms with Gasteiger partial charge in [-0.15, -0.1) is 0 Å². The molecule has 142 valence electrons. The number of benzene rings is 2. The van der Waals surface area contributed by atoms with Gasteiger partial charge >= 0.3 is 6.03 Å². The molecule has 0 bridgehead atoms. The number of fused-ring (bicyclic) bond motifs is 1. The first-order valence-corrected chi connectivity index (χ1v) is 9.11. The minimum Gasteiger partial charge on any atom is -0.454 e. The summed E-state index contributed by atoms with van der Waals surface area (Å²) in [5.41, 5.74) is 2.08. The molecule has 2 aliphatic heterocycles. The average Bonchev–Trinajstić information content (AvgIpc) is 3.17. The van der Waals surface area contributed by atoms with Gasteiger partial charge in [0, 0.05) is 44.5 Å². The number of carbonyl (C=O) groups excluding carboxylic acids is 1. The fraction of sp³-hybridized carbons (Fsp3) is 0.350. The van der Waals surface area contributed by atoms with Crippen LogP contribution in [0.1, 0.15) is 5.56 Å². The van der Waals surface area contributed by atoms with Gasteiger partial charge in [-0.25, -0.2) is 9.18 Å². The molecule has 0 atom stereocenters. The number of urea groups is 1. The van der Waals surface area contributed by atoms with Gasteiger partial charge in [-0.3, -0.25) is 0 Å². The second kappa shape index (κ2) is 7.73. The Morgan fingerprint density at radius 2 is 1.74 bits per heavy atom. The van der Waals surface area contributed by atoms with Gasteiger partial charge in [0.25, 0.3) is 0 Å². The van der Waals surface area contributed by atoms with E-state index in [9.17, 15) is 9.18 Å². The highest BCUT2D eigenvalue weighted by molar-refractivity contribution is 5.74. The number of halogens is 1. The van der Waals surface area contributed by atoms with Crippen molar-refractivity contribution in [2.45, 2.75) is 6.42 Å². The van der Waals surface area contributed by atoms with Gasteiger partial charge in [0.05, 0.1) is 0 Å². The van der Waals surface area contributed by atoms with E-state index in [1.165, 1.54) is 12.1 Å². The number of anilines is 1. The van der Waals surface area contributed by atoms with E-state index in [0.29, 0.717) is 26.1 Å². The standard InChI is InChI=1S/C20H22FN3O3/c21-16-3-1-15(2-4-16)7-8-22-20(25)24-11-9-23(10-12-24)17-5-6-18-19(13-17)27-14-26-18/h1-6,13H,7-12,14H2,(H,22,25). The Balaban J connectivity index is 1.23. The third kappa shape index (κ3) is 4.07. The predicted molar refractivity (Wildman–Crippen MR) is 99.9 cm³/mol. The molecule has 2 aromatic carbocycles. The number of amides is 2. The normalized spacial score (nSPS) is 15.7. The number of carbonyl (C=O) groups is 1. The van der Waals surface area contributed by atoms with Gasteiger partial charge < -0.3 is 24.6 Å². The minimum atomic E-state index is -0.247. The summed E-state index contributed by atoms with van der Waals surface area (Å²) in [5, 5.41) is 2.94. The summed E-state index contributed by atoms with van der Waals surface area (Å²) >= 11 is 0. The molecular weight excluding hydrogens is 349 g/mol. The predicted octanol–water partition coefficient (Wildman–Crippen LogP) is 2.63. The zero-order chi connectivity index (χ0) is 18.6. The van der Waals surface area contributed by atoms with Gasteiger partial charge in [-0.05, 0) is 36.2 Å². The molecule has 1 saturated heterocycles. The fourth-order valence-corrected chi connectivity index (χ4v) is 3.33. The highest BCUT2D eigenvalue weighted by atomic mass is 19.1. The Labute approximate surface area is 157 Å². The lowest BCUT2D eigenvalue weighted by molar-refractivity contribution is 0.174. The Morgan fingerprint density at radius 3 is 2.52 bits per heavy atom. The maximum Gasteiger partial charge on any atom is 0.317 e. The summed E-state index contributed by atoms with van der Waals surface area (Å²) in [4.78, 5) is 16.4. The molecule has 4 rings (SSSR count). The van der Waals surface area contributed by atoms with Crippen molar-refractivity contribution in [2.75, 3.05) is 44.4 Å². The van der Waals surface area contributed by atoms with Gasteiger partial charge in [-0.1, -0.05) is 12.1 Å². The molecule has 1 N–H and O–H groups in total. The number of nitrogens with zero attached hydrogens (tertiary/aromatic N) is 2. The van der Waals surface area contributed by atoms with Crippen molar-refractivity contribution in [2.24, 2.45) is 0 Å². The molecule has 2 aliphatic rings. The summed E-state index contributed by atoms with van der Waals surface area (Å²) in [5.74, 6) is 1.30. The van der Waals surface area contributed by atoms with Crippen LogP contribution in [0.4, 0.5) is 14.9 Å². The van der Waals surface area contributed by atoms with Crippen molar-refractivity contribution in [1.29, 1.82) is 0 Å². The average molecular weight is 371 g/mol. The maximum absolute atomic E-state index is 12.9. The molecule has 0 spiro atoms. The fourth-order valence-electron chi connectivity index (χ4n) is 3.33. The lowest BCUT2D eigenvalue weighted by Gasteiger charge is -2.36. The van der Waals surface area contributed by atoms with Crippen LogP contribution in [0, 0.1) is 5.82 Å². The van der Waals surface area contributed by atoms with E-state index in [4.69, 9.17) is 9.47 Å². The second-order valence-corrected chi connectivity index (χ2v) is 6.62. The zero-order valence-electron chi connectivity index (χ0n) is 15.0. The Bertz CT molecular complexity index is 805. The zero-order valence-corrected chi connectivity index (χ0v) is 15.0. The van der Waals surface area contributed by atoms with Crippen molar-refractivity contribution >= 4 is 11.7 Å². The van der Waals surface area contributed by atoms with E-state index in [2.05, 4.69) is 10.2 Å². The van der Waals surface area contributed by atoms with Crippen LogP contribution in [-0.2, 0) is 6.42 Å². The van der Waals surface area contributed by atoms with E-state index in [0.717, 1.165) is 35.8 Å². The molecule has 6 nitrogen and oxygen atoms in total. The van der Waals surface area contributed by atoms with E-state index in [1.807, 2.05) is 23.1 Å². The molecule has 0 aliphatic carbocycles. The smallest absolute Gasteiger partial charge is 0.317 e. The van der Waals surface area contributed by atoms with Gasteiger partial charge in [-0.2, -0.15) is 0 Å². The SMILES string of the molecule is O=C(NCCc1ccc(F)cc1)N1CCN(c2ccc3c(c2)OCO3)CC1. The Morgan fingerprint density at radius 1 is 1.00 bits per heavy atom. The van der Waals surface area contributed by atoms with Crippen LogP contribution >= 0.6 is 0 Å². The first-order valence-electron chi connectivity index (χ1n) is 9.11. The molecular formula is C20H22FN3O3. The topological polar surface area (TPSA) is 54.0 Å². The van der Waals surface area contributed by atoms with E-state index < -0.39 is 0 Å². The van der Waals surface area contributed by atoms with Crippen molar-refractivity contribution in [3.05, 3.63) is 53.8 Å². The van der Waals surface area contributed by atoms with E-state index in [-0.39, 0.29) is 18.6 Å². The number of nitrogens with one attached hydrogen (secondary N) is 1.